The Bertz CT molecular complexity index is 739. The normalized spacial score (nSPS) is 21.3. The highest BCUT2D eigenvalue weighted by Crippen LogP contribution is 2.18. The lowest BCUT2D eigenvalue weighted by Gasteiger charge is -2.35. The average molecular weight is 572 g/mol. The third-order valence-electron chi connectivity index (χ3n) is 6.38. The van der Waals surface area contributed by atoms with Crippen molar-refractivity contribution in [3.63, 3.8) is 0 Å². The molecule has 2 saturated heterocycles. The van der Waals surface area contributed by atoms with Gasteiger partial charge in [-0.15, -0.1) is 24.0 Å². The molecule has 2 unspecified atom stereocenters. The summed E-state index contributed by atoms with van der Waals surface area (Å²) in [6.07, 6.45) is 7.46. The molecule has 33 heavy (non-hydrogen) atoms. The summed E-state index contributed by atoms with van der Waals surface area (Å²) in [4.78, 5) is 19.9. The van der Waals surface area contributed by atoms with Crippen LogP contribution in [0.25, 0.3) is 0 Å². The van der Waals surface area contributed by atoms with E-state index >= 15 is 0 Å². The summed E-state index contributed by atoms with van der Waals surface area (Å²) < 4.78 is 5.58. The minimum atomic E-state index is -0.0524. The number of nitrogens with zero attached hydrogens (tertiary/aromatic N) is 2. The van der Waals surface area contributed by atoms with Crippen molar-refractivity contribution < 1.29 is 9.53 Å². The van der Waals surface area contributed by atoms with Gasteiger partial charge in [0.25, 0.3) is 5.91 Å². The van der Waals surface area contributed by atoms with E-state index in [0.29, 0.717) is 18.7 Å². The van der Waals surface area contributed by atoms with Crippen molar-refractivity contribution in [1.29, 1.82) is 0 Å². The Kier molecular flexibility index (Phi) is 13.1. The van der Waals surface area contributed by atoms with Crippen LogP contribution in [0.3, 0.4) is 0 Å². The van der Waals surface area contributed by atoms with E-state index in [0.717, 1.165) is 56.6 Å². The van der Waals surface area contributed by atoms with Crippen LogP contribution in [-0.2, 0) is 11.3 Å². The van der Waals surface area contributed by atoms with Crippen LogP contribution >= 0.6 is 24.0 Å². The molecule has 0 aliphatic carbocycles. The fourth-order valence-corrected chi connectivity index (χ4v) is 4.57. The number of hydrogen-bond acceptors (Lipinski definition) is 4. The fraction of sp³-hybridized carbons (Fsp3) is 0.680. The van der Waals surface area contributed by atoms with E-state index in [1.165, 1.54) is 32.2 Å². The van der Waals surface area contributed by atoms with Crippen molar-refractivity contribution in [2.75, 3.05) is 39.3 Å². The molecule has 2 aliphatic rings. The van der Waals surface area contributed by atoms with Gasteiger partial charge in [0, 0.05) is 44.4 Å². The van der Waals surface area contributed by atoms with Crippen LogP contribution in [0.2, 0.25) is 0 Å². The van der Waals surface area contributed by atoms with Gasteiger partial charge in [0.05, 0.1) is 12.6 Å². The van der Waals surface area contributed by atoms with Gasteiger partial charge in [-0.2, -0.15) is 0 Å². The quantitative estimate of drug-likeness (QED) is 0.228. The molecule has 8 heteroatoms. The Hall–Kier alpha value is -1.39. The molecule has 3 N–H and O–H groups in total. The third-order valence-corrected chi connectivity index (χ3v) is 6.38. The zero-order valence-corrected chi connectivity index (χ0v) is 22.6. The number of likely N-dealkylation sites (tertiary alicyclic amines) is 1. The van der Waals surface area contributed by atoms with E-state index in [-0.39, 0.29) is 36.0 Å². The summed E-state index contributed by atoms with van der Waals surface area (Å²) in [5, 5.41) is 9.80. The molecule has 0 spiro atoms. The monoisotopic (exact) mass is 571 g/mol. The maximum Gasteiger partial charge on any atom is 0.251 e. The molecule has 3 rings (SSSR count). The van der Waals surface area contributed by atoms with E-state index in [1.807, 2.05) is 24.3 Å². The number of carbonyl (C=O) groups excluding carboxylic acids is 1. The predicted molar refractivity (Wildman–Crippen MR) is 145 cm³/mol. The highest BCUT2D eigenvalue weighted by molar-refractivity contribution is 14.0. The van der Waals surface area contributed by atoms with Crippen LogP contribution in [0.4, 0.5) is 0 Å². The number of nitrogens with one attached hydrogen (secondary N) is 3. The number of amides is 1. The van der Waals surface area contributed by atoms with Gasteiger partial charge in [-0.05, 0) is 63.3 Å². The summed E-state index contributed by atoms with van der Waals surface area (Å²) in [6, 6.07) is 8.44. The van der Waals surface area contributed by atoms with Gasteiger partial charge in [-0.25, -0.2) is 4.99 Å². The molecule has 0 bridgehead atoms. The van der Waals surface area contributed by atoms with E-state index in [1.54, 1.807) is 0 Å². The molecule has 1 aromatic carbocycles. The second-order valence-corrected chi connectivity index (χ2v) is 8.76. The Balaban J connectivity index is 0.00000385. The fourth-order valence-electron chi connectivity index (χ4n) is 4.57. The Morgan fingerprint density at radius 1 is 1.15 bits per heavy atom. The lowest BCUT2D eigenvalue weighted by atomic mass is 10.0. The van der Waals surface area contributed by atoms with Gasteiger partial charge in [-0.3, -0.25) is 9.69 Å². The van der Waals surface area contributed by atoms with Crippen molar-refractivity contribution in [3.8, 4) is 0 Å². The molecule has 1 amide bonds. The summed E-state index contributed by atoms with van der Waals surface area (Å²) in [7, 11) is 0. The van der Waals surface area contributed by atoms with Gasteiger partial charge < -0.3 is 20.7 Å². The molecular formula is C25H42IN5O2. The number of rotatable bonds is 10. The maximum atomic E-state index is 12.5. The van der Waals surface area contributed by atoms with E-state index in [2.05, 4.69) is 34.7 Å². The molecule has 0 saturated carbocycles. The molecule has 1 aromatic rings. The van der Waals surface area contributed by atoms with Gasteiger partial charge in [0.1, 0.15) is 0 Å². The summed E-state index contributed by atoms with van der Waals surface area (Å²) in [5.74, 6) is 0.772. The maximum absolute atomic E-state index is 12.5. The number of piperidine rings is 1. The second kappa shape index (κ2) is 15.5. The zero-order chi connectivity index (χ0) is 22.6. The molecule has 2 heterocycles. The first-order valence-electron chi connectivity index (χ1n) is 12.4. The van der Waals surface area contributed by atoms with E-state index in [4.69, 9.17) is 9.73 Å². The SMILES string of the molecule is CCNC(=NCc1cccc(C(=O)NCC2CCCO2)c1)NCCN1CCCCC1CC.I. The summed E-state index contributed by atoms with van der Waals surface area (Å²) in [5.41, 5.74) is 1.69. The molecule has 0 radical (unpaired) electrons. The first-order chi connectivity index (χ1) is 15.7. The lowest BCUT2D eigenvalue weighted by Crippen LogP contribution is -2.45. The number of carbonyl (C=O) groups is 1. The molecule has 7 nitrogen and oxygen atoms in total. The number of halogens is 1. The Morgan fingerprint density at radius 3 is 2.79 bits per heavy atom. The third kappa shape index (κ3) is 9.41. The topological polar surface area (TPSA) is 78.0 Å². The highest BCUT2D eigenvalue weighted by atomic mass is 127. The van der Waals surface area contributed by atoms with Gasteiger partial charge in [0.2, 0.25) is 0 Å². The van der Waals surface area contributed by atoms with Gasteiger partial charge in [-0.1, -0.05) is 25.5 Å². The smallest absolute Gasteiger partial charge is 0.251 e. The standard InChI is InChI=1S/C25H41N5O2.HI/c1-3-22-11-5-6-14-30(22)15-13-27-25(26-4-2)29-18-20-9-7-10-21(17-20)24(31)28-19-23-12-8-16-32-23;/h7,9-10,17,22-23H,3-6,8,11-16,18-19H2,1-2H3,(H,28,31)(H2,26,27,29);1H. The Morgan fingerprint density at radius 2 is 2.03 bits per heavy atom. The zero-order valence-electron chi connectivity index (χ0n) is 20.3. The molecule has 2 atom stereocenters. The number of hydrogen-bond donors (Lipinski definition) is 3. The van der Waals surface area contributed by atoms with Crippen molar-refractivity contribution in [2.24, 2.45) is 4.99 Å². The second-order valence-electron chi connectivity index (χ2n) is 8.76. The minimum absolute atomic E-state index is 0. The number of guanidine groups is 1. The van der Waals surface area contributed by atoms with Crippen molar-refractivity contribution in [3.05, 3.63) is 35.4 Å². The van der Waals surface area contributed by atoms with E-state index < -0.39 is 0 Å². The van der Waals surface area contributed by atoms with Crippen LogP contribution in [0.5, 0.6) is 0 Å². The lowest BCUT2D eigenvalue weighted by molar-refractivity contribution is 0.0857. The van der Waals surface area contributed by atoms with Crippen molar-refractivity contribution >= 4 is 35.8 Å². The van der Waals surface area contributed by atoms with E-state index in [9.17, 15) is 4.79 Å². The number of aliphatic imine (C=N–C) groups is 1. The van der Waals surface area contributed by atoms with Crippen LogP contribution < -0.4 is 16.0 Å². The van der Waals surface area contributed by atoms with Crippen LogP contribution in [0.1, 0.15) is 68.3 Å². The molecule has 2 fully saturated rings. The Labute approximate surface area is 216 Å². The first kappa shape index (κ1) is 27.9. The summed E-state index contributed by atoms with van der Waals surface area (Å²) in [6.45, 7) is 10.2. The van der Waals surface area contributed by atoms with Crippen LogP contribution in [0.15, 0.2) is 29.3 Å². The number of benzene rings is 1. The van der Waals surface area contributed by atoms with Crippen LogP contribution in [-0.4, -0.2) is 68.2 Å². The highest BCUT2D eigenvalue weighted by Gasteiger charge is 2.20. The predicted octanol–water partition coefficient (Wildman–Crippen LogP) is 3.53. The first-order valence-corrected chi connectivity index (χ1v) is 12.4. The van der Waals surface area contributed by atoms with Gasteiger partial charge >= 0.3 is 0 Å². The van der Waals surface area contributed by atoms with Gasteiger partial charge in [0.15, 0.2) is 5.96 Å². The van der Waals surface area contributed by atoms with Crippen molar-refractivity contribution in [1.82, 2.24) is 20.9 Å². The molecule has 0 aromatic heterocycles. The molecule has 186 valence electrons. The van der Waals surface area contributed by atoms with Crippen LogP contribution in [0, 0.1) is 0 Å². The summed E-state index contributed by atoms with van der Waals surface area (Å²) >= 11 is 0. The largest absolute Gasteiger partial charge is 0.376 e. The number of ether oxygens (including phenoxy) is 1. The minimum Gasteiger partial charge on any atom is -0.376 e. The average Bonchev–Trinajstić information content (AvgIpc) is 3.35. The van der Waals surface area contributed by atoms with Crippen molar-refractivity contribution in [2.45, 2.75) is 71.1 Å². The molecular weight excluding hydrogens is 529 g/mol. The molecule has 2 aliphatic heterocycles.